The van der Waals surface area contributed by atoms with E-state index in [9.17, 15) is 29.3 Å². The number of hydrogen-bond donors (Lipinski definition) is 0. The predicted octanol–water partition coefficient (Wildman–Crippen LogP) is 4.09. The molecule has 1 aliphatic heterocycles. The number of halogens is 1. The second-order valence-electron chi connectivity index (χ2n) is 6.99. The number of amides is 2. The van der Waals surface area contributed by atoms with Gasteiger partial charge in [-0.25, -0.2) is 9.69 Å². The third-order valence-corrected chi connectivity index (χ3v) is 5.16. The largest absolute Gasteiger partial charge is 0.454 e. The van der Waals surface area contributed by atoms with Crippen LogP contribution in [-0.2, 0) is 4.74 Å². The van der Waals surface area contributed by atoms with E-state index in [2.05, 4.69) is 0 Å². The maximum Gasteiger partial charge on any atom is 0.338 e. The fourth-order valence-corrected chi connectivity index (χ4v) is 3.47. The molecule has 10 heteroatoms. The molecule has 0 spiro atoms. The summed E-state index contributed by atoms with van der Waals surface area (Å²) in [5, 5.41) is 11.0. The van der Waals surface area contributed by atoms with E-state index >= 15 is 0 Å². The number of rotatable bonds is 6. The maximum atomic E-state index is 12.8. The number of nitrogens with zero attached hydrogens (tertiary/aromatic N) is 2. The number of esters is 1. The third kappa shape index (κ3) is 4.21. The van der Waals surface area contributed by atoms with Gasteiger partial charge in [-0.3, -0.25) is 24.5 Å². The molecular weight excluding hydrogens is 452 g/mol. The van der Waals surface area contributed by atoms with Gasteiger partial charge in [0.1, 0.15) is 0 Å². The number of anilines is 1. The summed E-state index contributed by atoms with van der Waals surface area (Å²) in [6.45, 7) is -0.602. The summed E-state index contributed by atoms with van der Waals surface area (Å²) in [4.78, 5) is 61.2. The Bertz CT molecular complexity index is 1330. The Kier molecular flexibility index (Phi) is 5.72. The lowest BCUT2D eigenvalue weighted by Crippen LogP contribution is -2.29. The number of carbonyl (C=O) groups excluding carboxylic acids is 4. The highest BCUT2D eigenvalue weighted by Crippen LogP contribution is 2.30. The van der Waals surface area contributed by atoms with Crippen molar-refractivity contribution >= 4 is 46.5 Å². The number of ketones is 1. The molecular formula is C23H13ClN2O7. The molecule has 0 radical (unpaired) electrons. The van der Waals surface area contributed by atoms with Crippen molar-refractivity contribution in [3.63, 3.8) is 0 Å². The smallest absolute Gasteiger partial charge is 0.338 e. The molecule has 0 N–H and O–H groups in total. The van der Waals surface area contributed by atoms with Crippen LogP contribution < -0.4 is 4.90 Å². The zero-order valence-corrected chi connectivity index (χ0v) is 17.4. The lowest BCUT2D eigenvalue weighted by Gasteiger charge is -2.13. The first-order chi connectivity index (χ1) is 15.8. The Hall–Kier alpha value is -4.37. The summed E-state index contributed by atoms with van der Waals surface area (Å²) in [5.41, 5.74) is 0.397. The van der Waals surface area contributed by atoms with E-state index in [1.165, 1.54) is 48.5 Å². The number of benzene rings is 3. The van der Waals surface area contributed by atoms with Gasteiger partial charge in [0.15, 0.2) is 12.4 Å². The molecule has 0 fully saturated rings. The summed E-state index contributed by atoms with van der Waals surface area (Å²) >= 11 is 5.96. The molecule has 2 amide bonds. The van der Waals surface area contributed by atoms with Gasteiger partial charge in [0, 0.05) is 22.7 Å². The first-order valence-electron chi connectivity index (χ1n) is 9.49. The molecule has 0 bridgehead atoms. The van der Waals surface area contributed by atoms with Crippen LogP contribution in [-0.4, -0.2) is 35.1 Å². The molecule has 0 saturated carbocycles. The van der Waals surface area contributed by atoms with Gasteiger partial charge in [0.05, 0.1) is 27.3 Å². The number of non-ortho nitro benzene ring substituents is 1. The number of Topliss-reactive ketones (excluding diaryl/α,β-unsaturated/α-hetero) is 1. The zero-order chi connectivity index (χ0) is 23.7. The lowest BCUT2D eigenvalue weighted by molar-refractivity contribution is -0.384. The molecule has 0 unspecified atom stereocenters. The minimum absolute atomic E-state index is 0.0145. The van der Waals surface area contributed by atoms with Crippen LogP contribution in [0.2, 0.25) is 5.02 Å². The molecule has 33 heavy (non-hydrogen) atoms. The predicted molar refractivity (Wildman–Crippen MR) is 117 cm³/mol. The molecule has 1 aliphatic rings. The average Bonchev–Trinajstić information content (AvgIpc) is 3.06. The van der Waals surface area contributed by atoms with E-state index in [0.717, 1.165) is 4.90 Å². The van der Waals surface area contributed by atoms with Crippen molar-refractivity contribution in [2.75, 3.05) is 11.5 Å². The van der Waals surface area contributed by atoms with Crippen molar-refractivity contribution in [2.24, 2.45) is 0 Å². The Balaban J connectivity index is 1.48. The summed E-state index contributed by atoms with van der Waals surface area (Å²) in [5.74, 6) is -2.59. The molecule has 164 valence electrons. The van der Waals surface area contributed by atoms with Gasteiger partial charge >= 0.3 is 5.97 Å². The highest BCUT2D eigenvalue weighted by Gasteiger charge is 2.37. The van der Waals surface area contributed by atoms with Crippen LogP contribution in [0.5, 0.6) is 0 Å². The Morgan fingerprint density at radius 1 is 0.909 bits per heavy atom. The SMILES string of the molecule is O=C(COC(=O)c1ccc2c(c1)C(=O)N(c1cccc(Cl)c1)C2=O)c1ccc([N+](=O)[O-])cc1. The van der Waals surface area contributed by atoms with Crippen molar-refractivity contribution in [1.29, 1.82) is 0 Å². The number of hydrogen-bond acceptors (Lipinski definition) is 7. The number of fused-ring (bicyclic) bond motifs is 1. The van der Waals surface area contributed by atoms with Crippen molar-refractivity contribution in [3.05, 3.63) is 104 Å². The van der Waals surface area contributed by atoms with Gasteiger partial charge in [0.2, 0.25) is 0 Å². The minimum atomic E-state index is -0.866. The molecule has 3 aromatic rings. The number of nitro groups is 1. The normalized spacial score (nSPS) is 12.5. The second kappa shape index (κ2) is 8.64. The van der Waals surface area contributed by atoms with Gasteiger partial charge in [-0.1, -0.05) is 17.7 Å². The van der Waals surface area contributed by atoms with E-state index < -0.39 is 35.1 Å². The highest BCUT2D eigenvalue weighted by atomic mass is 35.5. The third-order valence-electron chi connectivity index (χ3n) is 4.92. The topological polar surface area (TPSA) is 124 Å². The highest BCUT2D eigenvalue weighted by molar-refractivity contribution is 6.35. The molecule has 0 atom stereocenters. The van der Waals surface area contributed by atoms with E-state index in [1.807, 2.05) is 0 Å². The fraction of sp³-hybridized carbons (Fsp3) is 0.0435. The quantitative estimate of drug-likeness (QED) is 0.177. The number of carbonyl (C=O) groups is 4. The molecule has 0 aromatic heterocycles. The second-order valence-corrected chi connectivity index (χ2v) is 7.43. The van der Waals surface area contributed by atoms with Crippen LogP contribution >= 0.6 is 11.6 Å². The lowest BCUT2D eigenvalue weighted by atomic mass is 10.1. The fourth-order valence-electron chi connectivity index (χ4n) is 3.28. The van der Waals surface area contributed by atoms with Crippen LogP contribution in [0.4, 0.5) is 11.4 Å². The summed E-state index contributed by atoms with van der Waals surface area (Å²) in [7, 11) is 0. The van der Waals surface area contributed by atoms with E-state index in [-0.39, 0.29) is 27.9 Å². The maximum absolute atomic E-state index is 12.8. The van der Waals surface area contributed by atoms with Gasteiger partial charge in [-0.05, 0) is 48.5 Å². The van der Waals surface area contributed by atoms with Crippen LogP contribution in [0.1, 0.15) is 41.4 Å². The van der Waals surface area contributed by atoms with Gasteiger partial charge in [-0.2, -0.15) is 0 Å². The van der Waals surface area contributed by atoms with Crippen LogP contribution in [0.3, 0.4) is 0 Å². The monoisotopic (exact) mass is 464 g/mol. The Morgan fingerprint density at radius 3 is 2.24 bits per heavy atom. The van der Waals surface area contributed by atoms with Crippen molar-refractivity contribution in [3.8, 4) is 0 Å². The van der Waals surface area contributed by atoms with E-state index in [0.29, 0.717) is 10.7 Å². The van der Waals surface area contributed by atoms with Crippen LogP contribution in [0.15, 0.2) is 66.7 Å². The molecule has 0 saturated heterocycles. The first-order valence-corrected chi connectivity index (χ1v) is 9.87. The molecule has 1 heterocycles. The summed E-state index contributed by atoms with van der Waals surface area (Å²) in [6, 6.07) is 15.0. The van der Waals surface area contributed by atoms with Gasteiger partial charge in [0.25, 0.3) is 17.5 Å². The molecule has 0 aliphatic carbocycles. The first kappa shape index (κ1) is 21.8. The van der Waals surface area contributed by atoms with Crippen LogP contribution in [0.25, 0.3) is 0 Å². The molecule has 4 rings (SSSR count). The summed E-state index contributed by atoms with van der Waals surface area (Å²) in [6.07, 6.45) is 0. The zero-order valence-electron chi connectivity index (χ0n) is 16.7. The summed E-state index contributed by atoms with van der Waals surface area (Å²) < 4.78 is 5.02. The van der Waals surface area contributed by atoms with Gasteiger partial charge < -0.3 is 4.74 Å². The Morgan fingerprint density at radius 2 is 1.58 bits per heavy atom. The number of nitro benzene ring substituents is 1. The number of imide groups is 1. The van der Waals surface area contributed by atoms with E-state index in [1.54, 1.807) is 18.2 Å². The molecule has 9 nitrogen and oxygen atoms in total. The minimum Gasteiger partial charge on any atom is -0.454 e. The Labute approximate surface area is 191 Å². The van der Waals surface area contributed by atoms with Crippen molar-refractivity contribution in [2.45, 2.75) is 0 Å². The molecule has 3 aromatic carbocycles. The average molecular weight is 465 g/mol. The van der Waals surface area contributed by atoms with Crippen molar-refractivity contribution in [1.82, 2.24) is 0 Å². The van der Waals surface area contributed by atoms with E-state index in [4.69, 9.17) is 16.3 Å². The standard InChI is InChI=1S/C23H13ClN2O7/c24-15-2-1-3-17(11-15)25-21(28)18-9-6-14(10-19(18)22(25)29)23(30)33-12-20(27)13-4-7-16(8-5-13)26(31)32/h1-11H,12H2. The van der Waals surface area contributed by atoms with Gasteiger partial charge in [-0.15, -0.1) is 0 Å². The van der Waals surface area contributed by atoms with Crippen LogP contribution in [0, 0.1) is 10.1 Å². The number of ether oxygens (including phenoxy) is 1. The van der Waals surface area contributed by atoms with Crippen molar-refractivity contribution < 1.29 is 28.8 Å².